The molecule has 3 rings (SSSR count). The van der Waals surface area contributed by atoms with Crippen LogP contribution in [0.5, 0.6) is 17.4 Å². The van der Waals surface area contributed by atoms with Crippen LogP contribution in [0.4, 0.5) is 13.2 Å². The number of pyridine rings is 1. The van der Waals surface area contributed by atoms with Gasteiger partial charge in [0.1, 0.15) is 13.2 Å². The van der Waals surface area contributed by atoms with E-state index in [1.807, 2.05) is 6.07 Å². The maximum Gasteiger partial charge on any atom is 0.422 e. The molecule has 1 N–H and O–H groups in total. The molecule has 0 bridgehead atoms. The van der Waals surface area contributed by atoms with Crippen molar-refractivity contribution in [1.82, 2.24) is 10.3 Å². The van der Waals surface area contributed by atoms with Crippen molar-refractivity contribution in [2.75, 3.05) is 19.8 Å². The monoisotopic (exact) mass is 382 g/mol. The molecule has 1 unspecified atom stereocenters. The SMILES string of the molecule is CC(NC(=O)c1ccc(OCC(F)(F)F)nc1)c1ccc2c(c1)OCCO2. The van der Waals surface area contributed by atoms with Crippen molar-refractivity contribution in [3.8, 4) is 17.4 Å². The summed E-state index contributed by atoms with van der Waals surface area (Å²) in [6.07, 6.45) is -3.28. The van der Waals surface area contributed by atoms with Crippen LogP contribution in [0, 0.1) is 0 Å². The standard InChI is InChI=1S/C18H17F3N2O4/c1-11(12-2-4-14-15(8-12)26-7-6-25-14)23-17(24)13-3-5-16(22-9-13)27-10-18(19,20)21/h2-5,8-9,11H,6-7,10H2,1H3,(H,23,24). The van der Waals surface area contributed by atoms with E-state index in [9.17, 15) is 18.0 Å². The second-order valence-electron chi connectivity index (χ2n) is 5.89. The molecule has 0 spiro atoms. The quantitative estimate of drug-likeness (QED) is 0.860. The first-order valence-electron chi connectivity index (χ1n) is 8.18. The Kier molecular flexibility index (Phi) is 5.38. The van der Waals surface area contributed by atoms with Crippen LogP contribution in [0.25, 0.3) is 0 Å². The van der Waals surface area contributed by atoms with Crippen LogP contribution in [0.3, 0.4) is 0 Å². The van der Waals surface area contributed by atoms with Crippen LogP contribution in [0.1, 0.15) is 28.9 Å². The van der Waals surface area contributed by atoms with E-state index in [1.54, 1.807) is 19.1 Å². The second kappa shape index (κ2) is 7.73. The van der Waals surface area contributed by atoms with E-state index in [0.29, 0.717) is 24.7 Å². The summed E-state index contributed by atoms with van der Waals surface area (Å²) in [5, 5.41) is 2.80. The van der Waals surface area contributed by atoms with Gasteiger partial charge in [0.25, 0.3) is 5.91 Å². The van der Waals surface area contributed by atoms with Gasteiger partial charge in [0, 0.05) is 12.3 Å². The zero-order valence-electron chi connectivity index (χ0n) is 14.4. The minimum absolute atomic E-state index is 0.205. The largest absolute Gasteiger partial charge is 0.486 e. The molecule has 1 aromatic heterocycles. The molecular formula is C18H17F3N2O4. The van der Waals surface area contributed by atoms with Crippen molar-refractivity contribution in [3.05, 3.63) is 47.7 Å². The fourth-order valence-corrected chi connectivity index (χ4v) is 2.45. The number of alkyl halides is 3. The summed E-state index contributed by atoms with van der Waals surface area (Å²) >= 11 is 0. The van der Waals surface area contributed by atoms with E-state index in [1.165, 1.54) is 12.1 Å². The van der Waals surface area contributed by atoms with Crippen LogP contribution in [-0.4, -0.2) is 36.9 Å². The molecule has 144 valence electrons. The van der Waals surface area contributed by atoms with E-state index < -0.39 is 18.7 Å². The fraction of sp³-hybridized carbons (Fsp3) is 0.333. The normalized spacial score (nSPS) is 14.4. The van der Waals surface area contributed by atoms with Gasteiger partial charge >= 0.3 is 6.18 Å². The average molecular weight is 382 g/mol. The summed E-state index contributed by atoms with van der Waals surface area (Å²) < 4.78 is 51.9. The van der Waals surface area contributed by atoms with Crippen LogP contribution in [0.2, 0.25) is 0 Å². The van der Waals surface area contributed by atoms with Crippen LogP contribution in [0.15, 0.2) is 36.5 Å². The Labute approximate surface area is 153 Å². The third-order valence-corrected chi connectivity index (χ3v) is 3.80. The first kappa shape index (κ1) is 18.8. The molecule has 2 aromatic rings. The molecule has 2 heterocycles. The molecule has 0 fully saturated rings. The molecule has 9 heteroatoms. The van der Waals surface area contributed by atoms with Crippen LogP contribution >= 0.6 is 0 Å². The van der Waals surface area contributed by atoms with Gasteiger partial charge in [0.15, 0.2) is 18.1 Å². The van der Waals surface area contributed by atoms with Crippen molar-refractivity contribution < 1.29 is 32.2 Å². The highest BCUT2D eigenvalue weighted by Gasteiger charge is 2.28. The predicted molar refractivity (Wildman–Crippen MR) is 89.1 cm³/mol. The number of carbonyl (C=O) groups excluding carboxylic acids is 1. The van der Waals surface area contributed by atoms with Crippen LogP contribution < -0.4 is 19.5 Å². The van der Waals surface area contributed by atoms with E-state index in [0.717, 1.165) is 11.8 Å². The van der Waals surface area contributed by atoms with Gasteiger partial charge in [-0.25, -0.2) is 4.98 Å². The Bertz CT molecular complexity index is 809. The first-order valence-corrected chi connectivity index (χ1v) is 8.18. The minimum atomic E-state index is -4.45. The Morgan fingerprint density at radius 2 is 1.96 bits per heavy atom. The summed E-state index contributed by atoms with van der Waals surface area (Å²) in [7, 11) is 0. The van der Waals surface area contributed by atoms with Gasteiger partial charge in [0.05, 0.1) is 11.6 Å². The topological polar surface area (TPSA) is 69.7 Å². The third-order valence-electron chi connectivity index (χ3n) is 3.80. The molecule has 1 amide bonds. The van der Waals surface area contributed by atoms with E-state index in [2.05, 4.69) is 15.0 Å². The number of benzene rings is 1. The second-order valence-corrected chi connectivity index (χ2v) is 5.89. The van der Waals surface area contributed by atoms with Crippen molar-refractivity contribution in [2.45, 2.75) is 19.1 Å². The molecule has 0 aliphatic carbocycles. The Morgan fingerprint density at radius 1 is 1.22 bits per heavy atom. The number of halogens is 3. The molecule has 1 atom stereocenters. The third kappa shape index (κ3) is 5.02. The van der Waals surface area contributed by atoms with E-state index in [4.69, 9.17) is 9.47 Å². The fourth-order valence-electron chi connectivity index (χ4n) is 2.45. The highest BCUT2D eigenvalue weighted by molar-refractivity contribution is 5.94. The van der Waals surface area contributed by atoms with Crippen molar-refractivity contribution in [1.29, 1.82) is 0 Å². The zero-order chi connectivity index (χ0) is 19.4. The summed E-state index contributed by atoms with van der Waals surface area (Å²) in [6, 6.07) is 7.65. The summed E-state index contributed by atoms with van der Waals surface area (Å²) in [5.74, 6) is 0.658. The predicted octanol–water partition coefficient (Wildman–Crippen LogP) is 3.28. The van der Waals surface area contributed by atoms with E-state index >= 15 is 0 Å². The highest BCUT2D eigenvalue weighted by atomic mass is 19.4. The number of rotatable bonds is 5. The van der Waals surface area contributed by atoms with Gasteiger partial charge in [-0.1, -0.05) is 6.07 Å². The molecule has 1 aliphatic rings. The van der Waals surface area contributed by atoms with Crippen LogP contribution in [-0.2, 0) is 0 Å². The van der Waals surface area contributed by atoms with Gasteiger partial charge in [-0.2, -0.15) is 13.2 Å². The Balaban J connectivity index is 1.61. The highest BCUT2D eigenvalue weighted by Crippen LogP contribution is 2.32. The van der Waals surface area contributed by atoms with Gasteiger partial charge in [-0.05, 0) is 30.7 Å². The molecule has 0 radical (unpaired) electrons. The Hall–Kier alpha value is -2.97. The number of ether oxygens (including phenoxy) is 3. The lowest BCUT2D eigenvalue weighted by Gasteiger charge is -2.21. The Morgan fingerprint density at radius 3 is 2.63 bits per heavy atom. The molecular weight excluding hydrogens is 365 g/mol. The lowest BCUT2D eigenvalue weighted by molar-refractivity contribution is -0.154. The number of hydrogen-bond donors (Lipinski definition) is 1. The number of carbonyl (C=O) groups is 1. The molecule has 1 aliphatic heterocycles. The maximum atomic E-state index is 12.3. The zero-order valence-corrected chi connectivity index (χ0v) is 14.4. The summed E-state index contributed by atoms with van der Waals surface area (Å²) in [5.41, 5.74) is 1.03. The number of fused-ring (bicyclic) bond motifs is 1. The maximum absolute atomic E-state index is 12.3. The van der Waals surface area contributed by atoms with Crippen molar-refractivity contribution in [2.24, 2.45) is 0 Å². The number of aromatic nitrogens is 1. The molecule has 0 saturated heterocycles. The van der Waals surface area contributed by atoms with Crippen molar-refractivity contribution in [3.63, 3.8) is 0 Å². The lowest BCUT2D eigenvalue weighted by Crippen LogP contribution is -2.27. The number of nitrogens with one attached hydrogen (secondary N) is 1. The smallest absolute Gasteiger partial charge is 0.422 e. The van der Waals surface area contributed by atoms with Gasteiger partial charge in [-0.3, -0.25) is 4.79 Å². The molecule has 1 aromatic carbocycles. The van der Waals surface area contributed by atoms with Gasteiger partial charge in [-0.15, -0.1) is 0 Å². The van der Waals surface area contributed by atoms with Crippen molar-refractivity contribution >= 4 is 5.91 Å². The molecule has 27 heavy (non-hydrogen) atoms. The molecule has 6 nitrogen and oxygen atoms in total. The summed E-state index contributed by atoms with van der Waals surface area (Å²) in [4.78, 5) is 16.0. The number of hydrogen-bond acceptors (Lipinski definition) is 5. The lowest BCUT2D eigenvalue weighted by atomic mass is 10.1. The number of nitrogens with zero attached hydrogens (tertiary/aromatic N) is 1. The number of amides is 1. The average Bonchev–Trinajstić information content (AvgIpc) is 2.65. The first-order chi connectivity index (χ1) is 12.8. The van der Waals surface area contributed by atoms with E-state index in [-0.39, 0.29) is 17.5 Å². The summed E-state index contributed by atoms with van der Waals surface area (Å²) in [6.45, 7) is 1.32. The van der Waals surface area contributed by atoms with Gasteiger partial charge in [0.2, 0.25) is 5.88 Å². The minimum Gasteiger partial charge on any atom is -0.486 e. The van der Waals surface area contributed by atoms with Gasteiger partial charge < -0.3 is 19.5 Å². The molecule has 0 saturated carbocycles.